The van der Waals surface area contributed by atoms with Gasteiger partial charge in [0.25, 0.3) is 17.4 Å². The molecule has 0 bridgehead atoms. The van der Waals surface area contributed by atoms with Gasteiger partial charge in [-0.2, -0.15) is 0 Å². The minimum absolute atomic E-state index is 0.141. The normalized spacial score (nSPS) is 19.8. The molecule has 0 atom stereocenters. The van der Waals surface area contributed by atoms with Crippen LogP contribution in [0.4, 0.5) is 5.69 Å². The van der Waals surface area contributed by atoms with Crippen LogP contribution < -0.4 is 14.2 Å². The van der Waals surface area contributed by atoms with Gasteiger partial charge in [0, 0.05) is 24.5 Å². The number of benzene rings is 1. The summed E-state index contributed by atoms with van der Waals surface area (Å²) < 4.78 is 38.7. The van der Waals surface area contributed by atoms with Crippen molar-refractivity contribution in [2.45, 2.75) is 42.7 Å². The van der Waals surface area contributed by atoms with Crippen LogP contribution in [0.25, 0.3) is 0 Å². The second kappa shape index (κ2) is 8.48. The molecule has 1 aromatic carbocycles. The van der Waals surface area contributed by atoms with Gasteiger partial charge in [-0.25, -0.2) is 23.1 Å². The minimum atomic E-state index is -4.00. The monoisotopic (exact) mass is 408 g/mol. The minimum Gasteiger partial charge on any atom is -0.477 e. The molecule has 0 unspecified atom stereocenters. The van der Waals surface area contributed by atoms with E-state index in [9.17, 15) is 18.5 Å². The van der Waals surface area contributed by atoms with Gasteiger partial charge in [-0.15, -0.1) is 0 Å². The lowest BCUT2D eigenvalue weighted by Crippen LogP contribution is -2.39. The molecular formula is C17H20N4O6S. The van der Waals surface area contributed by atoms with E-state index in [1.165, 1.54) is 43.8 Å². The maximum Gasteiger partial charge on any atom is 0.289 e. The fourth-order valence-corrected chi connectivity index (χ4v) is 4.59. The van der Waals surface area contributed by atoms with Crippen LogP contribution in [0.2, 0.25) is 0 Å². The van der Waals surface area contributed by atoms with Crippen LogP contribution in [-0.4, -0.2) is 42.6 Å². The van der Waals surface area contributed by atoms with Crippen molar-refractivity contribution in [1.29, 1.82) is 0 Å². The topological polar surface area (TPSA) is 134 Å². The number of methoxy groups -OCH3 is 1. The second-order valence-electron chi connectivity index (χ2n) is 6.31. The van der Waals surface area contributed by atoms with Gasteiger partial charge >= 0.3 is 0 Å². The number of nitro groups is 1. The van der Waals surface area contributed by atoms with Crippen LogP contribution >= 0.6 is 0 Å². The zero-order valence-electron chi connectivity index (χ0n) is 15.1. The molecular weight excluding hydrogens is 388 g/mol. The zero-order chi connectivity index (χ0) is 20.1. The molecule has 0 spiro atoms. The average molecular weight is 408 g/mol. The zero-order valence-corrected chi connectivity index (χ0v) is 16.0. The first-order valence-corrected chi connectivity index (χ1v) is 10.2. The Morgan fingerprint density at radius 3 is 2.39 bits per heavy atom. The SMILES string of the molecule is COc1nccnc1OC1CCC(NS(=O)(=O)c2ccccc2[N+](=O)[O-])CC1. The summed E-state index contributed by atoms with van der Waals surface area (Å²) in [4.78, 5) is 18.2. The molecule has 28 heavy (non-hydrogen) atoms. The Hall–Kier alpha value is -2.79. The number of ether oxygens (including phenoxy) is 2. The van der Waals surface area contributed by atoms with Gasteiger partial charge in [0.1, 0.15) is 6.10 Å². The number of nitrogens with zero attached hydrogens (tertiary/aromatic N) is 3. The Labute approximate surface area is 162 Å². The molecule has 1 aliphatic carbocycles. The lowest BCUT2D eigenvalue weighted by atomic mass is 9.94. The molecule has 1 heterocycles. The molecule has 1 saturated carbocycles. The predicted octanol–water partition coefficient (Wildman–Crippen LogP) is 2.06. The number of nitrogens with one attached hydrogen (secondary N) is 1. The van der Waals surface area contributed by atoms with Gasteiger partial charge < -0.3 is 9.47 Å². The molecule has 0 radical (unpaired) electrons. The average Bonchev–Trinajstić information content (AvgIpc) is 2.69. The number of nitro benzene ring substituents is 1. The Balaban J connectivity index is 1.62. The van der Waals surface area contributed by atoms with Gasteiger partial charge in [-0.05, 0) is 31.7 Å². The lowest BCUT2D eigenvalue weighted by molar-refractivity contribution is -0.387. The predicted molar refractivity (Wildman–Crippen MR) is 98.7 cm³/mol. The first-order valence-electron chi connectivity index (χ1n) is 8.68. The Morgan fingerprint density at radius 2 is 1.75 bits per heavy atom. The summed E-state index contributed by atoms with van der Waals surface area (Å²) in [7, 11) is -2.52. The smallest absolute Gasteiger partial charge is 0.289 e. The highest BCUT2D eigenvalue weighted by Gasteiger charge is 2.30. The van der Waals surface area contributed by atoms with Crippen molar-refractivity contribution < 1.29 is 22.8 Å². The van der Waals surface area contributed by atoms with Gasteiger partial charge in [0.05, 0.1) is 12.0 Å². The van der Waals surface area contributed by atoms with Crippen molar-refractivity contribution in [3.63, 3.8) is 0 Å². The highest BCUT2D eigenvalue weighted by Crippen LogP contribution is 2.29. The third kappa shape index (κ3) is 4.54. The standard InChI is InChI=1S/C17H20N4O6S/c1-26-16-17(19-11-10-18-16)27-13-8-6-12(7-9-13)20-28(24,25)15-5-3-2-4-14(15)21(22)23/h2-5,10-13,20H,6-9H2,1H3. The fourth-order valence-electron chi connectivity index (χ4n) is 3.11. The molecule has 10 nitrogen and oxygen atoms in total. The van der Waals surface area contributed by atoms with E-state index in [1.807, 2.05) is 0 Å². The van der Waals surface area contributed by atoms with Crippen LogP contribution in [0.15, 0.2) is 41.6 Å². The number of hydrogen-bond acceptors (Lipinski definition) is 8. The first kappa shape index (κ1) is 20.0. The van der Waals surface area contributed by atoms with E-state index in [-0.39, 0.29) is 17.0 Å². The van der Waals surface area contributed by atoms with Crippen molar-refractivity contribution in [2.75, 3.05) is 7.11 Å². The van der Waals surface area contributed by atoms with Crippen LogP contribution in [0.5, 0.6) is 11.8 Å². The molecule has 2 aromatic rings. The second-order valence-corrected chi connectivity index (χ2v) is 7.99. The van der Waals surface area contributed by atoms with Crippen molar-refractivity contribution >= 4 is 15.7 Å². The van der Waals surface area contributed by atoms with E-state index in [0.717, 1.165) is 0 Å². The van der Waals surface area contributed by atoms with Crippen molar-refractivity contribution in [3.8, 4) is 11.8 Å². The molecule has 0 amide bonds. The summed E-state index contributed by atoms with van der Waals surface area (Å²) >= 11 is 0. The number of rotatable bonds is 7. The maximum absolute atomic E-state index is 12.6. The summed E-state index contributed by atoms with van der Waals surface area (Å²) in [6.07, 6.45) is 5.13. The molecule has 0 aliphatic heterocycles. The number of aromatic nitrogens is 2. The van der Waals surface area contributed by atoms with E-state index in [2.05, 4.69) is 14.7 Å². The quantitative estimate of drug-likeness (QED) is 0.543. The van der Waals surface area contributed by atoms with E-state index in [4.69, 9.17) is 9.47 Å². The van der Waals surface area contributed by atoms with E-state index in [0.29, 0.717) is 37.4 Å². The van der Waals surface area contributed by atoms with Crippen molar-refractivity contribution in [3.05, 3.63) is 46.8 Å². The molecule has 11 heteroatoms. The van der Waals surface area contributed by atoms with Crippen LogP contribution in [0.3, 0.4) is 0 Å². The molecule has 3 rings (SSSR count). The van der Waals surface area contributed by atoms with Gasteiger partial charge in [0.15, 0.2) is 4.90 Å². The van der Waals surface area contributed by atoms with Crippen molar-refractivity contribution in [2.24, 2.45) is 0 Å². The Kier molecular flexibility index (Phi) is 6.05. The highest BCUT2D eigenvalue weighted by atomic mass is 32.2. The third-order valence-electron chi connectivity index (χ3n) is 4.45. The molecule has 1 N–H and O–H groups in total. The lowest BCUT2D eigenvalue weighted by Gasteiger charge is -2.29. The largest absolute Gasteiger partial charge is 0.477 e. The van der Waals surface area contributed by atoms with E-state index in [1.54, 1.807) is 0 Å². The fraction of sp³-hybridized carbons (Fsp3) is 0.412. The molecule has 1 aromatic heterocycles. The van der Waals surface area contributed by atoms with E-state index < -0.39 is 20.6 Å². The first-order chi connectivity index (χ1) is 13.4. The molecule has 1 aliphatic rings. The molecule has 150 valence electrons. The summed E-state index contributed by atoms with van der Waals surface area (Å²) in [5, 5.41) is 11.1. The Morgan fingerprint density at radius 1 is 1.11 bits per heavy atom. The van der Waals surface area contributed by atoms with Gasteiger partial charge in [0.2, 0.25) is 10.0 Å². The summed E-state index contributed by atoms with van der Waals surface area (Å²) in [5.74, 6) is 0.593. The number of sulfonamides is 1. The van der Waals surface area contributed by atoms with E-state index >= 15 is 0 Å². The summed E-state index contributed by atoms with van der Waals surface area (Å²) in [6.45, 7) is 0. The number of hydrogen-bond donors (Lipinski definition) is 1. The maximum atomic E-state index is 12.6. The number of para-hydroxylation sites is 1. The van der Waals surface area contributed by atoms with Crippen LogP contribution in [0, 0.1) is 10.1 Å². The highest BCUT2D eigenvalue weighted by molar-refractivity contribution is 7.89. The van der Waals surface area contributed by atoms with Gasteiger partial charge in [-0.3, -0.25) is 10.1 Å². The molecule has 1 fully saturated rings. The third-order valence-corrected chi connectivity index (χ3v) is 6.02. The summed E-state index contributed by atoms with van der Waals surface area (Å²) in [6, 6.07) is 4.97. The summed E-state index contributed by atoms with van der Waals surface area (Å²) in [5.41, 5.74) is -0.443. The van der Waals surface area contributed by atoms with Gasteiger partial charge in [-0.1, -0.05) is 12.1 Å². The Bertz CT molecular complexity index is 944. The van der Waals surface area contributed by atoms with Crippen LogP contribution in [0.1, 0.15) is 25.7 Å². The van der Waals surface area contributed by atoms with Crippen LogP contribution in [-0.2, 0) is 10.0 Å². The molecule has 0 saturated heterocycles. The van der Waals surface area contributed by atoms with Crippen molar-refractivity contribution in [1.82, 2.24) is 14.7 Å².